The van der Waals surface area contributed by atoms with Gasteiger partial charge in [0, 0.05) is 0 Å². The molecular formula is C8H12O7S. The van der Waals surface area contributed by atoms with Gasteiger partial charge < -0.3 is 10.2 Å². The molecule has 92 valence electrons. The van der Waals surface area contributed by atoms with Gasteiger partial charge in [-0.25, -0.2) is 0 Å². The zero-order valence-corrected chi connectivity index (χ0v) is 9.05. The molecule has 7 nitrogen and oxygen atoms in total. The average Bonchev–Trinajstić information content (AvgIpc) is 2.15. The molecule has 8 heteroatoms. The summed E-state index contributed by atoms with van der Waals surface area (Å²) in [5, 5.41) is 16.2. The maximum atomic E-state index is 10.9. The Morgan fingerprint density at radius 2 is 1.31 bits per heavy atom. The molecule has 3 N–H and O–H groups in total. The second kappa shape index (κ2) is 4.38. The van der Waals surface area contributed by atoms with Crippen molar-refractivity contribution in [3.05, 3.63) is 0 Å². The molecule has 0 bridgehead atoms. The number of aliphatic carboxylic acids is 2. The van der Waals surface area contributed by atoms with Gasteiger partial charge in [0.05, 0.1) is 17.1 Å². The van der Waals surface area contributed by atoms with Crippen LogP contribution in [0.25, 0.3) is 0 Å². The lowest BCUT2D eigenvalue weighted by atomic mass is 9.81. The molecule has 1 aliphatic carbocycles. The lowest BCUT2D eigenvalue weighted by Crippen LogP contribution is -2.38. The molecule has 0 spiro atoms. The third-order valence-electron chi connectivity index (χ3n) is 2.78. The number of rotatable bonds is 3. The van der Waals surface area contributed by atoms with Gasteiger partial charge in [-0.2, -0.15) is 8.42 Å². The number of hydrogen-bond acceptors (Lipinski definition) is 4. The smallest absolute Gasteiger partial charge is 0.306 e. The first-order chi connectivity index (χ1) is 7.21. The Kier molecular flexibility index (Phi) is 3.54. The molecule has 0 aliphatic heterocycles. The number of hydrogen-bond donors (Lipinski definition) is 3. The second-order valence-corrected chi connectivity index (χ2v) is 5.61. The Morgan fingerprint density at radius 1 is 0.938 bits per heavy atom. The van der Waals surface area contributed by atoms with Crippen LogP contribution in [0, 0.1) is 11.8 Å². The van der Waals surface area contributed by atoms with Gasteiger partial charge in [0.1, 0.15) is 0 Å². The Morgan fingerprint density at radius 3 is 1.56 bits per heavy atom. The predicted octanol–water partition coefficient (Wildman–Crippen LogP) is -0.172. The number of carboxylic acids is 2. The minimum Gasteiger partial charge on any atom is -0.481 e. The van der Waals surface area contributed by atoms with Gasteiger partial charge in [-0.3, -0.25) is 14.1 Å². The summed E-state index contributed by atoms with van der Waals surface area (Å²) >= 11 is 0. The molecule has 0 heterocycles. The van der Waals surface area contributed by atoms with Crippen LogP contribution in [0.1, 0.15) is 19.3 Å². The molecule has 1 saturated carbocycles. The Balaban J connectivity index is 2.91. The van der Waals surface area contributed by atoms with E-state index in [1.807, 2.05) is 0 Å². The molecule has 0 saturated heterocycles. The van der Waals surface area contributed by atoms with Gasteiger partial charge in [0.25, 0.3) is 10.1 Å². The fraction of sp³-hybridized carbons (Fsp3) is 0.750. The zero-order valence-electron chi connectivity index (χ0n) is 8.24. The molecule has 1 rings (SSSR count). The van der Waals surface area contributed by atoms with Crippen LogP contribution in [0.5, 0.6) is 0 Å². The molecule has 1 aliphatic rings. The molecule has 0 amide bonds. The standard InChI is InChI=1S/C8H12O7S/c9-7(10)4-1-5(8(11)12)3-6(2-4)16(13,14)15/h4-6H,1-3H2,(H,9,10)(H,11,12)(H,13,14,15). The van der Waals surface area contributed by atoms with Gasteiger partial charge in [0.15, 0.2) is 0 Å². The molecular weight excluding hydrogens is 240 g/mol. The van der Waals surface area contributed by atoms with Crippen LogP contribution in [-0.2, 0) is 19.7 Å². The second-order valence-electron chi connectivity index (χ2n) is 3.91. The fourth-order valence-electron chi connectivity index (χ4n) is 1.91. The fourth-order valence-corrected chi connectivity index (χ4v) is 2.86. The molecule has 0 aromatic rings. The maximum Gasteiger partial charge on any atom is 0.306 e. The van der Waals surface area contributed by atoms with E-state index in [-0.39, 0.29) is 19.3 Å². The molecule has 16 heavy (non-hydrogen) atoms. The van der Waals surface area contributed by atoms with Crippen molar-refractivity contribution in [2.24, 2.45) is 11.8 Å². The molecule has 0 aromatic carbocycles. The Bertz CT molecular complexity index is 377. The monoisotopic (exact) mass is 252 g/mol. The van der Waals surface area contributed by atoms with Crippen molar-refractivity contribution < 1.29 is 32.8 Å². The van der Waals surface area contributed by atoms with Crippen LogP contribution in [0.3, 0.4) is 0 Å². The minimum atomic E-state index is -4.39. The summed E-state index contributed by atoms with van der Waals surface area (Å²) in [6, 6.07) is 0. The van der Waals surface area contributed by atoms with Gasteiger partial charge in [-0.05, 0) is 19.3 Å². The van der Waals surface area contributed by atoms with Crippen molar-refractivity contribution in [2.45, 2.75) is 24.5 Å². The van der Waals surface area contributed by atoms with E-state index in [1.54, 1.807) is 0 Å². The van der Waals surface area contributed by atoms with Crippen molar-refractivity contribution in [3.8, 4) is 0 Å². The van der Waals surface area contributed by atoms with Crippen molar-refractivity contribution >= 4 is 22.1 Å². The van der Waals surface area contributed by atoms with E-state index in [4.69, 9.17) is 14.8 Å². The summed E-state index contributed by atoms with van der Waals surface area (Å²) in [6.45, 7) is 0. The van der Waals surface area contributed by atoms with Crippen molar-refractivity contribution in [2.75, 3.05) is 0 Å². The average molecular weight is 252 g/mol. The van der Waals surface area contributed by atoms with Crippen LogP contribution in [0.2, 0.25) is 0 Å². The molecule has 0 aromatic heterocycles. The molecule has 1 fully saturated rings. The first-order valence-electron chi connectivity index (χ1n) is 4.63. The highest BCUT2D eigenvalue weighted by atomic mass is 32.2. The first kappa shape index (κ1) is 12.9. The number of carbonyl (C=O) groups is 2. The zero-order chi connectivity index (χ0) is 12.5. The van der Waals surface area contributed by atoms with Crippen LogP contribution >= 0.6 is 0 Å². The van der Waals surface area contributed by atoms with E-state index in [0.717, 1.165) is 0 Å². The van der Waals surface area contributed by atoms with Crippen LogP contribution < -0.4 is 0 Å². The van der Waals surface area contributed by atoms with Crippen molar-refractivity contribution in [1.82, 2.24) is 0 Å². The molecule has 2 unspecified atom stereocenters. The van der Waals surface area contributed by atoms with E-state index in [2.05, 4.69) is 0 Å². The molecule has 2 atom stereocenters. The SMILES string of the molecule is O=C(O)C1CC(C(=O)O)CC(S(=O)(=O)O)C1. The van der Waals surface area contributed by atoms with Crippen LogP contribution in [0.15, 0.2) is 0 Å². The first-order valence-corrected chi connectivity index (χ1v) is 6.14. The maximum absolute atomic E-state index is 10.9. The van der Waals surface area contributed by atoms with Gasteiger partial charge in [0.2, 0.25) is 0 Å². The lowest BCUT2D eigenvalue weighted by Gasteiger charge is -2.28. The third-order valence-corrected chi connectivity index (χ3v) is 4.01. The summed E-state index contributed by atoms with van der Waals surface area (Å²) in [4.78, 5) is 21.5. The third kappa shape index (κ3) is 2.92. The highest BCUT2D eigenvalue weighted by Gasteiger charge is 2.41. The highest BCUT2D eigenvalue weighted by Crippen LogP contribution is 2.33. The lowest BCUT2D eigenvalue weighted by molar-refractivity contribution is -0.147. The van der Waals surface area contributed by atoms with Gasteiger partial charge in [-0.15, -0.1) is 0 Å². The van der Waals surface area contributed by atoms with Crippen molar-refractivity contribution in [3.63, 3.8) is 0 Å². The van der Waals surface area contributed by atoms with E-state index in [9.17, 15) is 18.0 Å². The predicted molar refractivity (Wildman–Crippen MR) is 51.4 cm³/mol. The summed E-state index contributed by atoms with van der Waals surface area (Å²) in [6.07, 6.45) is -0.577. The van der Waals surface area contributed by atoms with E-state index in [1.165, 1.54) is 0 Å². The van der Waals surface area contributed by atoms with Crippen LogP contribution in [-0.4, -0.2) is 40.4 Å². The van der Waals surface area contributed by atoms with Crippen molar-refractivity contribution in [1.29, 1.82) is 0 Å². The van der Waals surface area contributed by atoms with E-state index < -0.39 is 39.1 Å². The Labute approximate surface area is 91.8 Å². The van der Waals surface area contributed by atoms with E-state index >= 15 is 0 Å². The van der Waals surface area contributed by atoms with Crippen LogP contribution in [0.4, 0.5) is 0 Å². The summed E-state index contributed by atoms with van der Waals surface area (Å²) in [5.41, 5.74) is 0. The Hall–Kier alpha value is -1.15. The summed E-state index contributed by atoms with van der Waals surface area (Å²) < 4.78 is 30.6. The van der Waals surface area contributed by atoms with Gasteiger partial charge in [-0.1, -0.05) is 0 Å². The highest BCUT2D eigenvalue weighted by molar-refractivity contribution is 7.86. The summed E-state index contributed by atoms with van der Waals surface area (Å²) in [5.74, 6) is -4.55. The summed E-state index contributed by atoms with van der Waals surface area (Å²) in [7, 11) is -4.39. The van der Waals surface area contributed by atoms with Gasteiger partial charge >= 0.3 is 11.9 Å². The number of carboxylic acid groups (broad SMARTS) is 2. The normalized spacial score (nSPS) is 30.9. The van der Waals surface area contributed by atoms with E-state index in [0.29, 0.717) is 0 Å². The minimum absolute atomic E-state index is 0.101. The molecule has 0 radical (unpaired) electrons. The topological polar surface area (TPSA) is 129 Å². The quantitative estimate of drug-likeness (QED) is 0.594. The largest absolute Gasteiger partial charge is 0.481 e.